The molecule has 1 amide bonds. The molecule has 1 heterocycles. The van der Waals surface area contributed by atoms with Crippen molar-refractivity contribution in [2.75, 3.05) is 26.2 Å². The van der Waals surface area contributed by atoms with Crippen LogP contribution in [0.1, 0.15) is 42.9 Å². The van der Waals surface area contributed by atoms with Crippen molar-refractivity contribution in [1.29, 1.82) is 5.26 Å². The minimum atomic E-state index is -0.599. The van der Waals surface area contributed by atoms with Gasteiger partial charge in [0, 0.05) is 26.2 Å². The second-order valence-electron chi connectivity index (χ2n) is 8.07. The molecule has 4 rings (SSSR count). The SMILES string of the molecule is N#CC(c1ccccc1)N1CCN(C(=O)C2(c3cccc(F)c3)CCCC2)CC1. The summed E-state index contributed by atoms with van der Waals surface area (Å²) in [4.78, 5) is 17.6. The second-order valence-corrected chi connectivity index (χ2v) is 8.07. The summed E-state index contributed by atoms with van der Waals surface area (Å²) in [5.74, 6) is -0.167. The number of nitriles is 1. The number of carbonyl (C=O) groups is 1. The van der Waals surface area contributed by atoms with Gasteiger partial charge in [0.25, 0.3) is 0 Å². The molecule has 1 aliphatic heterocycles. The largest absolute Gasteiger partial charge is 0.339 e. The lowest BCUT2D eigenvalue weighted by Gasteiger charge is -2.41. The second kappa shape index (κ2) is 8.34. The predicted molar refractivity (Wildman–Crippen MR) is 109 cm³/mol. The van der Waals surface area contributed by atoms with E-state index in [1.54, 1.807) is 6.07 Å². The van der Waals surface area contributed by atoms with Crippen LogP contribution in [-0.4, -0.2) is 41.9 Å². The van der Waals surface area contributed by atoms with Crippen LogP contribution in [-0.2, 0) is 10.2 Å². The van der Waals surface area contributed by atoms with E-state index in [1.807, 2.05) is 41.3 Å². The van der Waals surface area contributed by atoms with E-state index in [-0.39, 0.29) is 17.8 Å². The average molecular weight is 391 g/mol. The van der Waals surface area contributed by atoms with E-state index < -0.39 is 5.41 Å². The van der Waals surface area contributed by atoms with E-state index in [9.17, 15) is 14.4 Å². The Morgan fingerprint density at radius 3 is 2.31 bits per heavy atom. The molecule has 2 aromatic rings. The summed E-state index contributed by atoms with van der Waals surface area (Å²) in [6, 6.07) is 18.5. The Morgan fingerprint density at radius 1 is 1.00 bits per heavy atom. The molecule has 150 valence electrons. The van der Waals surface area contributed by atoms with Gasteiger partial charge in [-0.1, -0.05) is 55.3 Å². The lowest BCUT2D eigenvalue weighted by atomic mass is 9.77. The zero-order valence-corrected chi connectivity index (χ0v) is 16.6. The summed E-state index contributed by atoms with van der Waals surface area (Å²) in [7, 11) is 0. The number of rotatable bonds is 4. The van der Waals surface area contributed by atoms with Crippen LogP contribution in [0.3, 0.4) is 0 Å². The van der Waals surface area contributed by atoms with E-state index in [0.717, 1.165) is 36.8 Å². The van der Waals surface area contributed by atoms with Gasteiger partial charge < -0.3 is 4.90 Å². The number of benzene rings is 2. The summed E-state index contributed by atoms with van der Waals surface area (Å²) < 4.78 is 13.9. The van der Waals surface area contributed by atoms with E-state index in [1.165, 1.54) is 12.1 Å². The van der Waals surface area contributed by atoms with Crippen LogP contribution in [0.5, 0.6) is 0 Å². The number of hydrogen-bond donors (Lipinski definition) is 0. The van der Waals surface area contributed by atoms with Crippen LogP contribution in [0.25, 0.3) is 0 Å². The van der Waals surface area contributed by atoms with Gasteiger partial charge in [0.05, 0.1) is 11.5 Å². The Labute approximate surface area is 171 Å². The summed E-state index contributed by atoms with van der Waals surface area (Å²) in [6.45, 7) is 2.53. The third-order valence-electron chi connectivity index (χ3n) is 6.45. The number of hydrogen-bond acceptors (Lipinski definition) is 3. The van der Waals surface area contributed by atoms with Crippen molar-refractivity contribution >= 4 is 5.91 Å². The number of carbonyl (C=O) groups excluding carboxylic acids is 1. The molecule has 4 nitrogen and oxygen atoms in total. The molecule has 0 aromatic heterocycles. The molecule has 1 atom stereocenters. The number of halogens is 1. The zero-order chi connectivity index (χ0) is 20.3. The maximum Gasteiger partial charge on any atom is 0.233 e. The quantitative estimate of drug-likeness (QED) is 0.790. The van der Waals surface area contributed by atoms with Crippen molar-refractivity contribution in [1.82, 2.24) is 9.80 Å². The predicted octanol–water partition coefficient (Wildman–Crippen LogP) is 4.05. The smallest absolute Gasteiger partial charge is 0.233 e. The van der Waals surface area contributed by atoms with Crippen LogP contribution in [0.2, 0.25) is 0 Å². The number of amides is 1. The summed E-state index contributed by atoms with van der Waals surface area (Å²) in [5, 5.41) is 9.69. The summed E-state index contributed by atoms with van der Waals surface area (Å²) >= 11 is 0. The Bertz CT molecular complexity index is 894. The molecule has 0 N–H and O–H groups in total. The first kappa shape index (κ1) is 19.6. The molecule has 2 fully saturated rings. The van der Waals surface area contributed by atoms with E-state index in [0.29, 0.717) is 26.2 Å². The monoisotopic (exact) mass is 391 g/mol. The molecule has 29 heavy (non-hydrogen) atoms. The third-order valence-corrected chi connectivity index (χ3v) is 6.45. The first-order valence-corrected chi connectivity index (χ1v) is 10.4. The number of piperazine rings is 1. The first-order chi connectivity index (χ1) is 14.1. The highest BCUT2D eigenvalue weighted by atomic mass is 19.1. The fourth-order valence-corrected chi connectivity index (χ4v) is 4.88. The van der Waals surface area contributed by atoms with Crippen molar-refractivity contribution in [3.8, 4) is 6.07 Å². The molecule has 2 aliphatic rings. The van der Waals surface area contributed by atoms with Gasteiger partial charge in [-0.05, 0) is 36.1 Å². The normalized spacial score (nSPS) is 20.2. The van der Waals surface area contributed by atoms with Crippen molar-refractivity contribution < 1.29 is 9.18 Å². The van der Waals surface area contributed by atoms with Crippen molar-refractivity contribution in [3.05, 3.63) is 71.5 Å². The Morgan fingerprint density at radius 2 is 1.69 bits per heavy atom. The van der Waals surface area contributed by atoms with Crippen LogP contribution in [0, 0.1) is 17.1 Å². The van der Waals surface area contributed by atoms with Gasteiger partial charge in [-0.15, -0.1) is 0 Å². The molecule has 1 aliphatic carbocycles. The maximum absolute atomic E-state index is 13.9. The van der Waals surface area contributed by atoms with Gasteiger partial charge in [0.15, 0.2) is 0 Å². The van der Waals surface area contributed by atoms with E-state index in [2.05, 4.69) is 11.0 Å². The highest BCUT2D eigenvalue weighted by molar-refractivity contribution is 5.88. The van der Waals surface area contributed by atoms with Gasteiger partial charge >= 0.3 is 0 Å². The molecule has 1 unspecified atom stereocenters. The standard InChI is InChI=1S/C24H26FN3O/c25-21-10-6-9-20(17-21)24(11-4-5-12-24)23(29)28-15-13-27(14-16-28)22(18-26)19-7-2-1-3-8-19/h1-3,6-10,17,22H,4-5,11-16H2. The Balaban J connectivity index is 1.49. The highest BCUT2D eigenvalue weighted by Crippen LogP contribution is 2.43. The van der Waals surface area contributed by atoms with Crippen molar-refractivity contribution in [3.63, 3.8) is 0 Å². The van der Waals surface area contributed by atoms with Crippen LogP contribution >= 0.6 is 0 Å². The van der Waals surface area contributed by atoms with Gasteiger partial charge in [-0.25, -0.2) is 4.39 Å². The third kappa shape index (κ3) is 3.77. The molecule has 5 heteroatoms. The lowest BCUT2D eigenvalue weighted by molar-refractivity contribution is -0.139. The van der Waals surface area contributed by atoms with Gasteiger partial charge in [0.2, 0.25) is 5.91 Å². The highest BCUT2D eigenvalue weighted by Gasteiger charge is 2.45. The Hall–Kier alpha value is -2.71. The molecule has 0 spiro atoms. The molecular formula is C24H26FN3O. The molecule has 1 saturated heterocycles. The fourth-order valence-electron chi connectivity index (χ4n) is 4.88. The van der Waals surface area contributed by atoms with Crippen molar-refractivity contribution in [2.24, 2.45) is 0 Å². The van der Waals surface area contributed by atoms with Crippen LogP contribution in [0.4, 0.5) is 4.39 Å². The van der Waals surface area contributed by atoms with E-state index in [4.69, 9.17) is 0 Å². The average Bonchev–Trinajstić information content (AvgIpc) is 3.26. The lowest BCUT2D eigenvalue weighted by Crippen LogP contribution is -2.54. The van der Waals surface area contributed by atoms with Gasteiger partial charge in [-0.3, -0.25) is 9.69 Å². The van der Waals surface area contributed by atoms with Crippen LogP contribution < -0.4 is 0 Å². The van der Waals surface area contributed by atoms with Gasteiger partial charge in [0.1, 0.15) is 11.9 Å². The fraction of sp³-hybridized carbons (Fsp3) is 0.417. The molecular weight excluding hydrogens is 365 g/mol. The first-order valence-electron chi connectivity index (χ1n) is 10.4. The maximum atomic E-state index is 13.9. The molecule has 2 aromatic carbocycles. The molecule has 0 bridgehead atoms. The van der Waals surface area contributed by atoms with E-state index >= 15 is 0 Å². The minimum absolute atomic E-state index is 0.119. The topological polar surface area (TPSA) is 47.3 Å². The molecule has 1 saturated carbocycles. The van der Waals surface area contributed by atoms with Crippen LogP contribution in [0.15, 0.2) is 54.6 Å². The van der Waals surface area contributed by atoms with Crippen molar-refractivity contribution in [2.45, 2.75) is 37.1 Å². The number of nitrogens with zero attached hydrogens (tertiary/aromatic N) is 3. The molecule has 0 radical (unpaired) electrons. The summed E-state index contributed by atoms with van der Waals surface area (Å²) in [6.07, 6.45) is 3.54. The summed E-state index contributed by atoms with van der Waals surface area (Å²) in [5.41, 5.74) is 1.20. The Kier molecular flexibility index (Phi) is 5.64. The zero-order valence-electron chi connectivity index (χ0n) is 16.6. The minimum Gasteiger partial charge on any atom is -0.339 e. The van der Waals surface area contributed by atoms with Gasteiger partial charge in [-0.2, -0.15) is 5.26 Å².